The Hall–Kier alpha value is -2.83. The molecule has 0 bridgehead atoms. The molecule has 2 heterocycles. The number of aryl methyl sites for hydroxylation is 2. The number of H-pyrrole nitrogens is 1. The minimum Gasteiger partial charge on any atom is -0.309 e. The van der Waals surface area contributed by atoms with E-state index in [4.69, 9.17) is 4.98 Å². The monoisotopic (exact) mass is 421 g/mol. The van der Waals surface area contributed by atoms with Crippen LogP contribution >= 0.6 is 11.3 Å². The van der Waals surface area contributed by atoms with Gasteiger partial charge in [-0.05, 0) is 51.1 Å². The summed E-state index contributed by atoms with van der Waals surface area (Å²) in [6.07, 6.45) is 0. The number of nitrogens with one attached hydrogen (secondary N) is 1. The number of hydrogen-bond donors (Lipinski definition) is 1. The third-order valence-corrected chi connectivity index (χ3v) is 6.54. The Morgan fingerprint density at radius 3 is 2.43 bits per heavy atom. The lowest BCUT2D eigenvalue weighted by atomic mass is 10.0. The molecule has 1 unspecified atom stereocenters. The van der Waals surface area contributed by atoms with E-state index in [0.29, 0.717) is 17.8 Å². The van der Waals surface area contributed by atoms with E-state index in [9.17, 15) is 9.18 Å². The number of benzene rings is 2. The second kappa shape index (κ2) is 8.13. The summed E-state index contributed by atoms with van der Waals surface area (Å²) in [4.78, 5) is 24.6. The van der Waals surface area contributed by atoms with Gasteiger partial charge in [0.1, 0.15) is 16.5 Å². The van der Waals surface area contributed by atoms with Crippen molar-refractivity contribution in [2.24, 2.45) is 0 Å². The fraction of sp³-hybridized carbons (Fsp3) is 0.250. The molecule has 2 aromatic carbocycles. The zero-order valence-electron chi connectivity index (χ0n) is 17.5. The summed E-state index contributed by atoms with van der Waals surface area (Å²) in [6, 6.07) is 14.8. The van der Waals surface area contributed by atoms with E-state index < -0.39 is 0 Å². The van der Waals surface area contributed by atoms with Gasteiger partial charge in [-0.3, -0.25) is 9.69 Å². The van der Waals surface area contributed by atoms with Crippen LogP contribution in [0.2, 0.25) is 0 Å². The molecule has 4 nitrogen and oxygen atoms in total. The highest BCUT2D eigenvalue weighted by Crippen LogP contribution is 2.35. The summed E-state index contributed by atoms with van der Waals surface area (Å²) in [5.74, 6) is 0.378. The number of thiophene rings is 1. The van der Waals surface area contributed by atoms with Crippen molar-refractivity contribution < 1.29 is 4.39 Å². The Morgan fingerprint density at radius 2 is 1.77 bits per heavy atom. The van der Waals surface area contributed by atoms with E-state index >= 15 is 0 Å². The van der Waals surface area contributed by atoms with Crippen LogP contribution in [-0.4, -0.2) is 21.9 Å². The van der Waals surface area contributed by atoms with E-state index in [-0.39, 0.29) is 17.4 Å². The first-order valence-electron chi connectivity index (χ1n) is 9.88. The number of rotatable bonds is 5. The predicted molar refractivity (Wildman–Crippen MR) is 121 cm³/mol. The van der Waals surface area contributed by atoms with Gasteiger partial charge < -0.3 is 4.98 Å². The highest BCUT2D eigenvalue weighted by atomic mass is 32.1. The number of nitrogens with zero attached hydrogens (tertiary/aromatic N) is 2. The molecule has 0 saturated heterocycles. The van der Waals surface area contributed by atoms with Gasteiger partial charge in [-0.25, -0.2) is 9.37 Å². The standard InChI is InChI=1S/C24H24FN3OS/c1-14-5-7-18(8-6-14)21-16(3)30-24-22(21)23(29)26-20(27-24)13-28(4)15(2)17-9-11-19(25)12-10-17/h5-12,15H,13H2,1-4H3,(H,26,27,29). The Bertz CT molecular complexity index is 1240. The van der Waals surface area contributed by atoms with Gasteiger partial charge in [-0.1, -0.05) is 42.0 Å². The lowest BCUT2D eigenvalue weighted by Crippen LogP contribution is -2.24. The number of fused-ring (bicyclic) bond motifs is 1. The summed E-state index contributed by atoms with van der Waals surface area (Å²) in [5.41, 5.74) is 4.08. The quantitative estimate of drug-likeness (QED) is 0.456. The Labute approximate surface area is 179 Å². The molecule has 0 saturated carbocycles. The number of aromatic nitrogens is 2. The van der Waals surface area contributed by atoms with E-state index in [2.05, 4.69) is 41.1 Å². The largest absolute Gasteiger partial charge is 0.309 e. The molecule has 0 aliphatic carbocycles. The van der Waals surface area contributed by atoms with Crippen LogP contribution < -0.4 is 5.56 Å². The molecule has 0 radical (unpaired) electrons. The van der Waals surface area contributed by atoms with E-state index in [1.807, 2.05) is 20.9 Å². The molecule has 4 rings (SSSR count). The smallest absolute Gasteiger partial charge is 0.260 e. The molecule has 0 spiro atoms. The maximum Gasteiger partial charge on any atom is 0.260 e. The van der Waals surface area contributed by atoms with Crippen LogP contribution in [-0.2, 0) is 6.54 Å². The minimum absolute atomic E-state index is 0.0554. The van der Waals surface area contributed by atoms with Gasteiger partial charge >= 0.3 is 0 Å². The molecule has 4 aromatic rings. The first kappa shape index (κ1) is 20.4. The number of hydrogen-bond acceptors (Lipinski definition) is 4. The van der Waals surface area contributed by atoms with Crippen molar-refractivity contribution in [2.75, 3.05) is 7.05 Å². The molecule has 1 atom stereocenters. The summed E-state index contributed by atoms with van der Waals surface area (Å²) in [6.45, 7) is 6.62. The maximum absolute atomic E-state index is 13.2. The molecule has 0 fully saturated rings. The Morgan fingerprint density at radius 1 is 1.10 bits per heavy atom. The predicted octanol–water partition coefficient (Wildman–Crippen LogP) is 5.60. The first-order valence-corrected chi connectivity index (χ1v) is 10.7. The van der Waals surface area contributed by atoms with Crippen molar-refractivity contribution in [3.8, 4) is 11.1 Å². The molecule has 0 aliphatic heterocycles. The average Bonchev–Trinajstić information content (AvgIpc) is 3.05. The fourth-order valence-electron chi connectivity index (χ4n) is 3.68. The molecule has 154 valence electrons. The highest BCUT2D eigenvalue weighted by Gasteiger charge is 2.18. The van der Waals surface area contributed by atoms with Gasteiger partial charge in [0, 0.05) is 16.5 Å². The van der Waals surface area contributed by atoms with Gasteiger partial charge in [-0.15, -0.1) is 11.3 Å². The van der Waals surface area contributed by atoms with Gasteiger partial charge in [0.05, 0.1) is 11.9 Å². The molecule has 0 aliphatic rings. The highest BCUT2D eigenvalue weighted by molar-refractivity contribution is 7.19. The van der Waals surface area contributed by atoms with Gasteiger partial charge in [-0.2, -0.15) is 0 Å². The molecule has 30 heavy (non-hydrogen) atoms. The van der Waals surface area contributed by atoms with Crippen molar-refractivity contribution in [1.82, 2.24) is 14.9 Å². The molecule has 0 amide bonds. The van der Waals surface area contributed by atoms with Gasteiger partial charge in [0.25, 0.3) is 5.56 Å². The second-order valence-electron chi connectivity index (χ2n) is 7.73. The van der Waals surface area contributed by atoms with E-state index in [1.165, 1.54) is 17.7 Å². The minimum atomic E-state index is -0.248. The van der Waals surface area contributed by atoms with Crippen molar-refractivity contribution in [1.29, 1.82) is 0 Å². The normalized spacial score (nSPS) is 12.6. The van der Waals surface area contributed by atoms with Crippen LogP contribution in [0.5, 0.6) is 0 Å². The van der Waals surface area contributed by atoms with Crippen LogP contribution in [0.1, 0.15) is 34.8 Å². The first-order chi connectivity index (χ1) is 14.3. The van der Waals surface area contributed by atoms with Crippen molar-refractivity contribution >= 4 is 21.6 Å². The Kier molecular flexibility index (Phi) is 5.54. The third kappa shape index (κ3) is 3.93. The summed E-state index contributed by atoms with van der Waals surface area (Å²) >= 11 is 1.55. The summed E-state index contributed by atoms with van der Waals surface area (Å²) in [7, 11) is 1.97. The number of aromatic amines is 1. The Balaban J connectivity index is 1.66. The van der Waals surface area contributed by atoms with Crippen LogP contribution in [0.15, 0.2) is 53.3 Å². The zero-order valence-corrected chi connectivity index (χ0v) is 18.3. The molecular formula is C24H24FN3OS. The maximum atomic E-state index is 13.2. The van der Waals surface area contributed by atoms with E-state index in [0.717, 1.165) is 26.4 Å². The lowest BCUT2D eigenvalue weighted by Gasteiger charge is -2.24. The second-order valence-corrected chi connectivity index (χ2v) is 8.94. The zero-order chi connectivity index (χ0) is 21.4. The molecule has 6 heteroatoms. The van der Waals surface area contributed by atoms with Crippen molar-refractivity contribution in [2.45, 2.75) is 33.4 Å². The molecular weight excluding hydrogens is 397 g/mol. The van der Waals surface area contributed by atoms with Crippen molar-refractivity contribution in [3.63, 3.8) is 0 Å². The van der Waals surface area contributed by atoms with Crippen LogP contribution in [0.4, 0.5) is 4.39 Å². The van der Waals surface area contributed by atoms with Gasteiger partial charge in [0.2, 0.25) is 0 Å². The topological polar surface area (TPSA) is 49.0 Å². The molecule has 1 N–H and O–H groups in total. The summed E-state index contributed by atoms with van der Waals surface area (Å²) in [5, 5.41) is 0.652. The van der Waals surface area contributed by atoms with Gasteiger partial charge in [0.15, 0.2) is 0 Å². The fourth-order valence-corrected chi connectivity index (χ4v) is 4.74. The van der Waals surface area contributed by atoms with Crippen LogP contribution in [0.25, 0.3) is 21.3 Å². The SMILES string of the molecule is Cc1ccc(-c2c(C)sc3nc(CN(C)C(C)c4ccc(F)cc4)[nH]c(=O)c23)cc1. The molecule has 2 aromatic heterocycles. The summed E-state index contributed by atoms with van der Waals surface area (Å²) < 4.78 is 13.2. The lowest BCUT2D eigenvalue weighted by molar-refractivity contribution is 0.247. The van der Waals surface area contributed by atoms with Crippen molar-refractivity contribution in [3.05, 3.63) is 86.5 Å². The number of halogens is 1. The van der Waals surface area contributed by atoms with Crippen LogP contribution in [0, 0.1) is 19.7 Å². The average molecular weight is 422 g/mol. The van der Waals surface area contributed by atoms with Crippen LogP contribution in [0.3, 0.4) is 0 Å². The van der Waals surface area contributed by atoms with E-state index in [1.54, 1.807) is 23.5 Å². The third-order valence-electron chi connectivity index (χ3n) is 5.54.